The molecule has 1 aromatic carbocycles. The fourth-order valence-corrected chi connectivity index (χ4v) is 2.46. The van der Waals surface area contributed by atoms with Gasteiger partial charge in [-0.1, -0.05) is 24.3 Å². The van der Waals surface area contributed by atoms with Gasteiger partial charge in [0.25, 0.3) is 0 Å². The maximum atomic E-state index is 10.9. The highest BCUT2D eigenvalue weighted by molar-refractivity contribution is 5.91. The van der Waals surface area contributed by atoms with Crippen molar-refractivity contribution < 1.29 is 9.90 Å². The van der Waals surface area contributed by atoms with Crippen LogP contribution in [0.25, 0.3) is 10.8 Å². The van der Waals surface area contributed by atoms with E-state index in [-0.39, 0.29) is 6.04 Å². The Hall–Kier alpha value is -2.14. The summed E-state index contributed by atoms with van der Waals surface area (Å²) in [7, 11) is 0. The van der Waals surface area contributed by atoms with Crippen molar-refractivity contribution in [2.75, 3.05) is 11.9 Å². The number of fused-ring (bicyclic) bond motifs is 1. The third-order valence-electron chi connectivity index (χ3n) is 3.44. The molecule has 5 heteroatoms. The van der Waals surface area contributed by atoms with Crippen LogP contribution in [-0.4, -0.2) is 34.7 Å². The van der Waals surface area contributed by atoms with E-state index in [0.717, 1.165) is 16.6 Å². The molecule has 0 spiro atoms. The summed E-state index contributed by atoms with van der Waals surface area (Å²) in [6.07, 6.45) is 2.34. The van der Waals surface area contributed by atoms with Crippen molar-refractivity contribution >= 4 is 22.6 Å². The number of benzene rings is 1. The number of carboxylic acid groups (broad SMARTS) is 1. The van der Waals surface area contributed by atoms with Gasteiger partial charge in [-0.3, -0.25) is 4.79 Å². The van der Waals surface area contributed by atoms with Crippen LogP contribution in [0.15, 0.2) is 36.5 Å². The van der Waals surface area contributed by atoms with E-state index < -0.39 is 12.0 Å². The number of nitrogens with one attached hydrogen (secondary N) is 2. The first-order chi connectivity index (χ1) is 9.24. The van der Waals surface area contributed by atoms with Gasteiger partial charge in [0, 0.05) is 24.2 Å². The fourth-order valence-electron chi connectivity index (χ4n) is 2.46. The van der Waals surface area contributed by atoms with Gasteiger partial charge in [0.15, 0.2) is 0 Å². The number of carboxylic acids is 1. The molecule has 98 valence electrons. The molecule has 1 aromatic heterocycles. The molecule has 0 bridgehead atoms. The second-order valence-corrected chi connectivity index (χ2v) is 4.76. The van der Waals surface area contributed by atoms with Gasteiger partial charge in [0.05, 0.1) is 0 Å². The Morgan fingerprint density at radius 1 is 1.37 bits per heavy atom. The minimum Gasteiger partial charge on any atom is -0.480 e. The zero-order valence-electron chi connectivity index (χ0n) is 10.3. The molecule has 2 atom stereocenters. The summed E-state index contributed by atoms with van der Waals surface area (Å²) in [5.41, 5.74) is 0. The Bertz CT molecular complexity index is 609. The van der Waals surface area contributed by atoms with Gasteiger partial charge in [0.2, 0.25) is 0 Å². The van der Waals surface area contributed by atoms with E-state index in [1.165, 1.54) is 0 Å². The molecule has 3 rings (SSSR count). The summed E-state index contributed by atoms with van der Waals surface area (Å²) in [5.74, 6) is 0.0196. The number of hydrogen-bond donors (Lipinski definition) is 3. The van der Waals surface area contributed by atoms with Crippen molar-refractivity contribution in [2.45, 2.75) is 18.5 Å². The molecule has 0 unspecified atom stereocenters. The average Bonchev–Trinajstić information content (AvgIpc) is 2.88. The van der Waals surface area contributed by atoms with Gasteiger partial charge >= 0.3 is 5.97 Å². The molecule has 1 aliphatic heterocycles. The molecular weight excluding hydrogens is 242 g/mol. The van der Waals surface area contributed by atoms with Crippen LogP contribution < -0.4 is 10.6 Å². The van der Waals surface area contributed by atoms with Crippen molar-refractivity contribution in [3.05, 3.63) is 36.5 Å². The van der Waals surface area contributed by atoms with Crippen LogP contribution in [0.3, 0.4) is 0 Å². The normalized spacial score (nSPS) is 22.5. The molecule has 0 radical (unpaired) electrons. The highest BCUT2D eigenvalue weighted by Crippen LogP contribution is 2.22. The van der Waals surface area contributed by atoms with E-state index in [4.69, 9.17) is 5.11 Å². The second kappa shape index (κ2) is 4.85. The lowest BCUT2D eigenvalue weighted by Gasteiger charge is -2.14. The number of aromatic nitrogens is 1. The summed E-state index contributed by atoms with van der Waals surface area (Å²) in [6, 6.07) is 9.61. The van der Waals surface area contributed by atoms with Gasteiger partial charge in [-0.2, -0.15) is 0 Å². The zero-order valence-corrected chi connectivity index (χ0v) is 10.3. The van der Waals surface area contributed by atoms with Crippen molar-refractivity contribution in [1.82, 2.24) is 10.3 Å². The largest absolute Gasteiger partial charge is 0.480 e. The van der Waals surface area contributed by atoms with Crippen LogP contribution in [0, 0.1) is 0 Å². The van der Waals surface area contributed by atoms with Crippen molar-refractivity contribution in [2.24, 2.45) is 0 Å². The fraction of sp³-hybridized carbons (Fsp3) is 0.286. The Morgan fingerprint density at radius 2 is 2.21 bits per heavy atom. The second-order valence-electron chi connectivity index (χ2n) is 4.76. The highest BCUT2D eigenvalue weighted by Gasteiger charge is 2.29. The molecule has 0 aliphatic carbocycles. The maximum absolute atomic E-state index is 10.9. The molecule has 19 heavy (non-hydrogen) atoms. The van der Waals surface area contributed by atoms with Crippen molar-refractivity contribution in [1.29, 1.82) is 0 Å². The molecule has 1 saturated heterocycles. The van der Waals surface area contributed by atoms with Crippen LogP contribution >= 0.6 is 0 Å². The third-order valence-corrected chi connectivity index (χ3v) is 3.44. The van der Waals surface area contributed by atoms with Crippen LogP contribution in [0.4, 0.5) is 5.82 Å². The molecule has 2 aromatic rings. The monoisotopic (exact) mass is 257 g/mol. The number of pyridine rings is 1. The highest BCUT2D eigenvalue weighted by atomic mass is 16.4. The molecule has 5 nitrogen and oxygen atoms in total. The molecule has 0 saturated carbocycles. The predicted octanol–water partition coefficient (Wildman–Crippen LogP) is 1.46. The van der Waals surface area contributed by atoms with Crippen LogP contribution in [0.5, 0.6) is 0 Å². The number of anilines is 1. The summed E-state index contributed by atoms with van der Waals surface area (Å²) >= 11 is 0. The average molecular weight is 257 g/mol. The zero-order chi connectivity index (χ0) is 13.2. The molecule has 0 amide bonds. The van der Waals surface area contributed by atoms with E-state index in [2.05, 4.69) is 15.6 Å². The lowest BCUT2D eigenvalue weighted by Crippen LogP contribution is -2.30. The Morgan fingerprint density at radius 3 is 3.00 bits per heavy atom. The minimum atomic E-state index is -0.796. The first kappa shape index (κ1) is 11.9. The first-order valence-electron chi connectivity index (χ1n) is 6.30. The van der Waals surface area contributed by atoms with E-state index >= 15 is 0 Å². The number of nitrogens with zero attached hydrogens (tertiary/aromatic N) is 1. The smallest absolute Gasteiger partial charge is 0.320 e. The first-order valence-corrected chi connectivity index (χ1v) is 6.30. The number of hydrogen-bond acceptors (Lipinski definition) is 4. The lowest BCUT2D eigenvalue weighted by atomic mass is 10.1. The van der Waals surface area contributed by atoms with Crippen LogP contribution in [-0.2, 0) is 4.79 Å². The Kier molecular flexibility index (Phi) is 3.05. The minimum absolute atomic E-state index is 0.0967. The summed E-state index contributed by atoms with van der Waals surface area (Å²) < 4.78 is 0. The van der Waals surface area contributed by atoms with E-state index in [9.17, 15) is 4.79 Å². The Labute approximate surface area is 110 Å². The Balaban J connectivity index is 1.81. The van der Waals surface area contributed by atoms with Gasteiger partial charge in [-0.25, -0.2) is 4.98 Å². The molecule has 1 fully saturated rings. The van der Waals surface area contributed by atoms with Crippen molar-refractivity contribution in [3.63, 3.8) is 0 Å². The van der Waals surface area contributed by atoms with Gasteiger partial charge < -0.3 is 15.7 Å². The molecule has 1 aliphatic rings. The number of rotatable bonds is 3. The predicted molar refractivity (Wildman–Crippen MR) is 73.2 cm³/mol. The number of aliphatic carboxylic acids is 1. The standard InChI is InChI=1S/C14H15N3O2/c18-14(19)12-7-10(8-16-12)17-13-11-4-2-1-3-9(11)5-6-15-13/h1-6,10,12,16H,7-8H2,(H,15,17)(H,18,19)/t10-,12+/m1/s1. The maximum Gasteiger partial charge on any atom is 0.320 e. The summed E-state index contributed by atoms with van der Waals surface area (Å²) in [5, 5.41) is 17.5. The number of carbonyl (C=O) groups is 1. The van der Waals surface area contributed by atoms with Crippen LogP contribution in [0.1, 0.15) is 6.42 Å². The molecular formula is C14H15N3O2. The molecule has 3 N–H and O–H groups in total. The molecule has 2 heterocycles. The van der Waals surface area contributed by atoms with E-state index in [1.807, 2.05) is 30.3 Å². The topological polar surface area (TPSA) is 74.2 Å². The third kappa shape index (κ3) is 2.37. The SMILES string of the molecule is O=C(O)[C@@H]1C[C@@H](Nc2nccc3ccccc23)CN1. The summed E-state index contributed by atoms with van der Waals surface area (Å²) in [4.78, 5) is 15.3. The van der Waals surface area contributed by atoms with Gasteiger partial charge in [-0.15, -0.1) is 0 Å². The van der Waals surface area contributed by atoms with Crippen molar-refractivity contribution in [3.8, 4) is 0 Å². The summed E-state index contributed by atoms with van der Waals surface area (Å²) in [6.45, 7) is 0.641. The van der Waals surface area contributed by atoms with Gasteiger partial charge in [-0.05, 0) is 17.9 Å². The lowest BCUT2D eigenvalue weighted by molar-refractivity contribution is -0.139. The van der Waals surface area contributed by atoms with E-state index in [0.29, 0.717) is 13.0 Å². The van der Waals surface area contributed by atoms with Gasteiger partial charge in [0.1, 0.15) is 11.9 Å². The quantitative estimate of drug-likeness (QED) is 0.776. The van der Waals surface area contributed by atoms with Crippen LogP contribution in [0.2, 0.25) is 0 Å². The van der Waals surface area contributed by atoms with E-state index in [1.54, 1.807) is 6.20 Å².